The first-order chi connectivity index (χ1) is 14.4. The Kier molecular flexibility index (Phi) is 5.07. The van der Waals surface area contributed by atoms with Gasteiger partial charge < -0.3 is 4.74 Å². The molecular weight excluding hydrogens is 368 g/mol. The van der Waals surface area contributed by atoms with Crippen LogP contribution in [0.4, 0.5) is 0 Å². The fourth-order valence-electron chi connectivity index (χ4n) is 8.86. The van der Waals surface area contributed by atoms with Gasteiger partial charge in [0.2, 0.25) is 0 Å². The van der Waals surface area contributed by atoms with E-state index in [0.29, 0.717) is 11.2 Å². The summed E-state index contributed by atoms with van der Waals surface area (Å²) in [6.07, 6.45) is 12.1. The van der Waals surface area contributed by atoms with Gasteiger partial charge in [-0.15, -0.1) is 0 Å². The minimum atomic E-state index is 0.198. The Morgan fingerprint density at radius 3 is 2.33 bits per heavy atom. The number of ether oxygens (including phenoxy) is 1. The molecule has 0 radical (unpaired) electrons. The monoisotopic (exact) mass is 408 g/mol. The molecule has 4 aliphatic carbocycles. The maximum absolute atomic E-state index is 13.6. The van der Waals surface area contributed by atoms with E-state index < -0.39 is 0 Å². The largest absolute Gasteiger partial charge is 0.497 e. The smallest absolute Gasteiger partial charge is 0.166 e. The number of carbonyl (C=O) groups excluding carboxylic acids is 1. The first-order valence-electron chi connectivity index (χ1n) is 12.5. The molecule has 4 fully saturated rings. The Morgan fingerprint density at radius 2 is 1.60 bits per heavy atom. The van der Waals surface area contributed by atoms with Crippen molar-refractivity contribution in [3.05, 3.63) is 29.8 Å². The fourth-order valence-corrected chi connectivity index (χ4v) is 8.86. The number of hydrogen-bond donors (Lipinski definition) is 0. The van der Waals surface area contributed by atoms with Gasteiger partial charge in [0.1, 0.15) is 5.75 Å². The molecule has 2 nitrogen and oxygen atoms in total. The second kappa shape index (κ2) is 7.38. The highest BCUT2D eigenvalue weighted by atomic mass is 16.5. The van der Waals surface area contributed by atoms with Crippen LogP contribution in [0.2, 0.25) is 0 Å². The molecule has 0 heterocycles. The van der Waals surface area contributed by atoms with Crippen LogP contribution in [-0.2, 0) is 0 Å². The molecule has 30 heavy (non-hydrogen) atoms. The van der Waals surface area contributed by atoms with E-state index in [4.69, 9.17) is 4.74 Å². The predicted molar refractivity (Wildman–Crippen MR) is 122 cm³/mol. The lowest BCUT2D eigenvalue weighted by Crippen LogP contribution is -2.53. The van der Waals surface area contributed by atoms with Crippen molar-refractivity contribution in [1.29, 1.82) is 0 Å². The van der Waals surface area contributed by atoms with Crippen molar-refractivity contribution in [2.45, 2.75) is 78.6 Å². The Labute approximate surface area is 183 Å². The van der Waals surface area contributed by atoms with E-state index in [1.54, 1.807) is 7.11 Å². The summed E-state index contributed by atoms with van der Waals surface area (Å²) in [5, 5.41) is 0. The highest BCUT2D eigenvalue weighted by Gasteiger charge is 2.61. The molecule has 0 saturated heterocycles. The molecule has 1 aromatic carbocycles. The molecule has 0 spiro atoms. The van der Waals surface area contributed by atoms with Gasteiger partial charge in [0.05, 0.1) is 7.11 Å². The summed E-state index contributed by atoms with van der Waals surface area (Å²) in [5.41, 5.74) is 1.64. The van der Waals surface area contributed by atoms with Crippen molar-refractivity contribution in [3.8, 4) is 5.75 Å². The Hall–Kier alpha value is -1.31. The van der Waals surface area contributed by atoms with Crippen molar-refractivity contribution in [2.75, 3.05) is 7.11 Å². The summed E-state index contributed by atoms with van der Waals surface area (Å²) in [6, 6.07) is 7.81. The van der Waals surface area contributed by atoms with Gasteiger partial charge in [-0.05, 0) is 116 Å². The van der Waals surface area contributed by atoms with Gasteiger partial charge in [-0.25, -0.2) is 0 Å². The third kappa shape index (κ3) is 3.00. The molecule has 0 N–H and O–H groups in total. The number of methoxy groups -OCH3 is 1. The average Bonchev–Trinajstić information content (AvgIpc) is 3.11. The molecule has 8 atom stereocenters. The quantitative estimate of drug-likeness (QED) is 0.495. The second-order valence-corrected chi connectivity index (χ2v) is 11.8. The van der Waals surface area contributed by atoms with Crippen LogP contribution in [0.5, 0.6) is 5.75 Å². The molecule has 0 aliphatic heterocycles. The molecule has 4 saturated carbocycles. The minimum Gasteiger partial charge on any atom is -0.497 e. The summed E-state index contributed by atoms with van der Waals surface area (Å²) in [4.78, 5) is 13.6. The van der Waals surface area contributed by atoms with E-state index >= 15 is 0 Å². The Balaban J connectivity index is 1.38. The van der Waals surface area contributed by atoms with Crippen LogP contribution in [0.15, 0.2) is 24.3 Å². The second-order valence-electron chi connectivity index (χ2n) is 11.8. The lowest BCUT2D eigenvalue weighted by molar-refractivity contribution is -0.114. The summed E-state index contributed by atoms with van der Waals surface area (Å²) >= 11 is 0. The molecule has 2 heteroatoms. The summed E-state index contributed by atoms with van der Waals surface area (Å²) in [5.74, 6) is 5.79. The number of carbonyl (C=O) groups is 1. The lowest BCUT2D eigenvalue weighted by atomic mass is 9.44. The number of ketones is 1. The molecule has 0 bridgehead atoms. The van der Waals surface area contributed by atoms with E-state index in [-0.39, 0.29) is 11.3 Å². The van der Waals surface area contributed by atoms with Crippen LogP contribution >= 0.6 is 0 Å². The maximum Gasteiger partial charge on any atom is 0.166 e. The highest BCUT2D eigenvalue weighted by Crippen LogP contribution is 2.68. The first kappa shape index (κ1) is 20.6. The van der Waals surface area contributed by atoms with Crippen LogP contribution < -0.4 is 4.74 Å². The Bertz CT molecular complexity index is 797. The SMILES string of the molecule is COc1ccc(C(=O)[C@H]2CCC3C4CCC5CC(C)CCC5(C)C4CCC32C)cc1. The molecule has 1 aromatic rings. The molecule has 0 aromatic heterocycles. The molecule has 0 amide bonds. The zero-order valence-corrected chi connectivity index (χ0v) is 19.5. The maximum atomic E-state index is 13.6. The fraction of sp³-hybridized carbons (Fsp3) is 0.750. The van der Waals surface area contributed by atoms with Crippen molar-refractivity contribution in [1.82, 2.24) is 0 Å². The van der Waals surface area contributed by atoms with Gasteiger partial charge >= 0.3 is 0 Å². The predicted octanol–water partition coefficient (Wildman–Crippen LogP) is 7.17. The van der Waals surface area contributed by atoms with Crippen LogP contribution in [0, 0.1) is 46.3 Å². The normalized spacial score (nSPS) is 45.2. The van der Waals surface area contributed by atoms with E-state index in [1.165, 1.54) is 51.4 Å². The summed E-state index contributed by atoms with van der Waals surface area (Å²) < 4.78 is 5.29. The van der Waals surface area contributed by atoms with Gasteiger partial charge in [0.15, 0.2) is 5.78 Å². The van der Waals surface area contributed by atoms with Gasteiger partial charge in [-0.2, -0.15) is 0 Å². The molecule has 4 aliphatic rings. The van der Waals surface area contributed by atoms with Crippen molar-refractivity contribution in [2.24, 2.45) is 46.3 Å². The molecular formula is C28H40O2. The zero-order chi connectivity index (χ0) is 21.1. The topological polar surface area (TPSA) is 26.3 Å². The van der Waals surface area contributed by atoms with Crippen molar-refractivity contribution in [3.63, 3.8) is 0 Å². The Morgan fingerprint density at radius 1 is 0.900 bits per heavy atom. The number of rotatable bonds is 3. The van der Waals surface area contributed by atoms with Crippen LogP contribution in [0.25, 0.3) is 0 Å². The van der Waals surface area contributed by atoms with Gasteiger partial charge in [0.25, 0.3) is 0 Å². The van der Waals surface area contributed by atoms with E-state index in [0.717, 1.165) is 47.3 Å². The summed E-state index contributed by atoms with van der Waals surface area (Å²) in [7, 11) is 1.68. The van der Waals surface area contributed by atoms with Gasteiger partial charge in [-0.3, -0.25) is 4.79 Å². The number of hydrogen-bond acceptors (Lipinski definition) is 2. The minimum absolute atomic E-state index is 0.198. The van der Waals surface area contributed by atoms with Crippen LogP contribution in [0.3, 0.4) is 0 Å². The zero-order valence-electron chi connectivity index (χ0n) is 19.5. The third-order valence-corrected chi connectivity index (χ3v) is 10.6. The number of benzene rings is 1. The third-order valence-electron chi connectivity index (χ3n) is 10.6. The van der Waals surface area contributed by atoms with E-state index in [1.807, 2.05) is 24.3 Å². The van der Waals surface area contributed by atoms with Gasteiger partial charge in [-0.1, -0.05) is 27.2 Å². The molecule has 164 valence electrons. The van der Waals surface area contributed by atoms with Crippen molar-refractivity contribution >= 4 is 5.78 Å². The van der Waals surface area contributed by atoms with E-state index in [9.17, 15) is 4.79 Å². The first-order valence-corrected chi connectivity index (χ1v) is 12.5. The highest BCUT2D eigenvalue weighted by molar-refractivity contribution is 5.98. The standard InChI is InChI=1S/C28H40O2/c1-18-13-15-27(2)20(17-18)7-10-22-23-11-12-25(28(23,3)16-14-24(22)27)26(29)19-5-8-21(30-4)9-6-19/h5-6,8-9,18,20,22-25H,7,10-17H2,1-4H3/t18?,20?,22?,23?,24?,25-,27?,28?/m1/s1. The van der Waals surface area contributed by atoms with Gasteiger partial charge in [0, 0.05) is 11.5 Å². The lowest BCUT2D eigenvalue weighted by Gasteiger charge is -2.61. The van der Waals surface area contributed by atoms with Crippen LogP contribution in [0.1, 0.15) is 88.9 Å². The molecule has 5 rings (SSSR count). The average molecular weight is 409 g/mol. The van der Waals surface area contributed by atoms with Crippen LogP contribution in [-0.4, -0.2) is 12.9 Å². The van der Waals surface area contributed by atoms with Crippen molar-refractivity contribution < 1.29 is 9.53 Å². The summed E-state index contributed by atoms with van der Waals surface area (Å²) in [6.45, 7) is 7.60. The molecule has 7 unspecified atom stereocenters. The number of fused-ring (bicyclic) bond motifs is 5. The number of Topliss-reactive ketones (excluding diaryl/α,β-unsaturated/α-hetero) is 1. The van der Waals surface area contributed by atoms with E-state index in [2.05, 4.69) is 20.8 Å².